The van der Waals surface area contributed by atoms with Gasteiger partial charge >= 0.3 is 5.97 Å². The predicted molar refractivity (Wildman–Crippen MR) is 71.7 cm³/mol. The van der Waals surface area contributed by atoms with E-state index in [1.165, 1.54) is 0 Å². The Labute approximate surface area is 115 Å². The van der Waals surface area contributed by atoms with Gasteiger partial charge in [0.1, 0.15) is 0 Å². The Morgan fingerprint density at radius 3 is 2.58 bits per heavy atom. The van der Waals surface area contributed by atoms with Crippen LogP contribution in [0.1, 0.15) is 52.4 Å². The van der Waals surface area contributed by atoms with Gasteiger partial charge in [-0.25, -0.2) is 0 Å². The van der Waals surface area contributed by atoms with Crippen LogP contribution in [0.3, 0.4) is 0 Å². The second kappa shape index (κ2) is 6.71. The molecule has 0 aromatic heterocycles. The Kier molecular flexibility index (Phi) is 5.22. The monoisotopic (exact) mass is 270 g/mol. The second-order valence-corrected chi connectivity index (χ2v) is 6.16. The highest BCUT2D eigenvalue weighted by Gasteiger charge is 2.34. The number of aliphatic hydroxyl groups is 1. The first-order valence-electron chi connectivity index (χ1n) is 7.56. The molecule has 0 aromatic carbocycles. The summed E-state index contributed by atoms with van der Waals surface area (Å²) in [6, 6.07) is 0. The number of ether oxygens (including phenoxy) is 2. The number of hydrogen-bond acceptors (Lipinski definition) is 4. The molecule has 2 fully saturated rings. The molecule has 3 atom stereocenters. The summed E-state index contributed by atoms with van der Waals surface area (Å²) in [6.07, 6.45) is 6.00. The van der Waals surface area contributed by atoms with Crippen LogP contribution in [0.15, 0.2) is 0 Å². The van der Waals surface area contributed by atoms with Gasteiger partial charge in [-0.15, -0.1) is 0 Å². The highest BCUT2D eigenvalue weighted by Crippen LogP contribution is 2.28. The van der Waals surface area contributed by atoms with E-state index in [2.05, 4.69) is 6.92 Å². The highest BCUT2D eigenvalue weighted by atomic mass is 16.6. The summed E-state index contributed by atoms with van der Waals surface area (Å²) in [5.41, 5.74) is 0. The molecule has 4 nitrogen and oxygen atoms in total. The van der Waals surface area contributed by atoms with Gasteiger partial charge in [0, 0.05) is 0 Å². The summed E-state index contributed by atoms with van der Waals surface area (Å²) in [7, 11) is 0. The van der Waals surface area contributed by atoms with Gasteiger partial charge in [-0.1, -0.05) is 6.92 Å². The minimum atomic E-state index is -0.147. The molecule has 19 heavy (non-hydrogen) atoms. The molecule has 1 N–H and O–H groups in total. The molecule has 2 rings (SSSR count). The van der Waals surface area contributed by atoms with Gasteiger partial charge < -0.3 is 14.6 Å². The minimum absolute atomic E-state index is 0.0365. The summed E-state index contributed by atoms with van der Waals surface area (Å²) >= 11 is 0. The fourth-order valence-corrected chi connectivity index (χ4v) is 2.72. The smallest absolute Gasteiger partial charge is 0.308 e. The molecule has 0 radical (unpaired) electrons. The van der Waals surface area contributed by atoms with Crippen LogP contribution in [-0.2, 0) is 14.3 Å². The molecule has 1 aliphatic carbocycles. The summed E-state index contributed by atoms with van der Waals surface area (Å²) < 4.78 is 10.7. The zero-order chi connectivity index (χ0) is 13.8. The lowest BCUT2D eigenvalue weighted by molar-refractivity contribution is -0.150. The van der Waals surface area contributed by atoms with Crippen molar-refractivity contribution in [3.8, 4) is 0 Å². The lowest BCUT2D eigenvalue weighted by Gasteiger charge is -2.25. The molecular weight excluding hydrogens is 244 g/mol. The quantitative estimate of drug-likeness (QED) is 0.594. The molecule has 1 saturated heterocycles. The van der Waals surface area contributed by atoms with E-state index < -0.39 is 0 Å². The third-order valence-corrected chi connectivity index (χ3v) is 4.40. The van der Waals surface area contributed by atoms with E-state index in [0.29, 0.717) is 24.7 Å². The SMILES string of the molecule is CC(CCC1OC1C)C(=O)OCC1CCC(O)CC1. The molecule has 1 heterocycles. The number of hydrogen-bond donors (Lipinski definition) is 1. The zero-order valence-corrected chi connectivity index (χ0v) is 12.0. The van der Waals surface area contributed by atoms with Crippen LogP contribution in [-0.4, -0.2) is 36.0 Å². The van der Waals surface area contributed by atoms with E-state index in [0.717, 1.165) is 38.5 Å². The summed E-state index contributed by atoms with van der Waals surface area (Å²) in [6.45, 7) is 4.51. The van der Waals surface area contributed by atoms with E-state index in [9.17, 15) is 9.90 Å². The minimum Gasteiger partial charge on any atom is -0.465 e. The number of epoxide rings is 1. The summed E-state index contributed by atoms with van der Waals surface area (Å²) in [4.78, 5) is 11.9. The normalized spacial score (nSPS) is 35.7. The van der Waals surface area contributed by atoms with Crippen molar-refractivity contribution in [3.63, 3.8) is 0 Å². The van der Waals surface area contributed by atoms with Crippen LogP contribution in [0, 0.1) is 11.8 Å². The van der Waals surface area contributed by atoms with Crippen molar-refractivity contribution in [1.82, 2.24) is 0 Å². The van der Waals surface area contributed by atoms with Crippen molar-refractivity contribution in [3.05, 3.63) is 0 Å². The molecule has 1 aliphatic heterocycles. The predicted octanol–water partition coefficient (Wildman–Crippen LogP) is 2.28. The Hall–Kier alpha value is -0.610. The van der Waals surface area contributed by atoms with Crippen molar-refractivity contribution >= 4 is 5.97 Å². The first kappa shape index (κ1) is 14.8. The highest BCUT2D eigenvalue weighted by molar-refractivity contribution is 5.71. The van der Waals surface area contributed by atoms with E-state index in [1.807, 2.05) is 6.92 Å². The van der Waals surface area contributed by atoms with Crippen LogP contribution in [0.25, 0.3) is 0 Å². The van der Waals surface area contributed by atoms with Crippen LogP contribution in [0.2, 0.25) is 0 Å². The summed E-state index contributed by atoms with van der Waals surface area (Å²) in [5, 5.41) is 9.42. The van der Waals surface area contributed by atoms with Crippen molar-refractivity contribution in [2.75, 3.05) is 6.61 Å². The first-order chi connectivity index (χ1) is 9.06. The van der Waals surface area contributed by atoms with Crippen molar-refractivity contribution in [2.24, 2.45) is 11.8 Å². The molecular formula is C15H26O4. The van der Waals surface area contributed by atoms with E-state index in [1.54, 1.807) is 0 Å². The molecule has 0 bridgehead atoms. The van der Waals surface area contributed by atoms with Crippen LogP contribution >= 0.6 is 0 Å². The van der Waals surface area contributed by atoms with Gasteiger partial charge in [0.25, 0.3) is 0 Å². The fourth-order valence-electron chi connectivity index (χ4n) is 2.72. The van der Waals surface area contributed by atoms with Crippen molar-refractivity contribution in [2.45, 2.75) is 70.7 Å². The maximum absolute atomic E-state index is 11.9. The van der Waals surface area contributed by atoms with E-state index >= 15 is 0 Å². The van der Waals surface area contributed by atoms with Gasteiger partial charge in [0.05, 0.1) is 30.8 Å². The Morgan fingerprint density at radius 1 is 1.37 bits per heavy atom. The first-order valence-corrected chi connectivity index (χ1v) is 7.56. The van der Waals surface area contributed by atoms with Crippen LogP contribution < -0.4 is 0 Å². The lowest BCUT2D eigenvalue weighted by atomic mass is 9.88. The maximum Gasteiger partial charge on any atom is 0.308 e. The maximum atomic E-state index is 11.9. The Bertz CT molecular complexity index is 297. The number of rotatable bonds is 6. The largest absolute Gasteiger partial charge is 0.465 e. The van der Waals surface area contributed by atoms with Crippen molar-refractivity contribution < 1.29 is 19.4 Å². The molecule has 1 saturated carbocycles. The number of aliphatic hydroxyl groups excluding tert-OH is 1. The third kappa shape index (κ3) is 4.77. The van der Waals surface area contributed by atoms with Crippen molar-refractivity contribution in [1.29, 1.82) is 0 Å². The van der Waals surface area contributed by atoms with Gasteiger partial charge in [0.15, 0.2) is 0 Å². The zero-order valence-electron chi connectivity index (χ0n) is 12.0. The molecule has 4 heteroatoms. The molecule has 0 aromatic rings. The average molecular weight is 270 g/mol. The summed E-state index contributed by atoms with van der Waals surface area (Å²) in [5.74, 6) is 0.316. The molecule has 0 amide bonds. The van der Waals surface area contributed by atoms with Crippen LogP contribution in [0.4, 0.5) is 0 Å². The molecule has 110 valence electrons. The van der Waals surface area contributed by atoms with E-state index in [-0.39, 0.29) is 18.0 Å². The number of carbonyl (C=O) groups excluding carboxylic acids is 1. The van der Waals surface area contributed by atoms with Gasteiger partial charge in [-0.05, 0) is 51.4 Å². The second-order valence-electron chi connectivity index (χ2n) is 6.16. The Morgan fingerprint density at radius 2 is 2.00 bits per heavy atom. The fraction of sp³-hybridized carbons (Fsp3) is 0.933. The average Bonchev–Trinajstić information content (AvgIpc) is 3.11. The van der Waals surface area contributed by atoms with Gasteiger partial charge in [-0.2, -0.15) is 0 Å². The lowest BCUT2D eigenvalue weighted by Crippen LogP contribution is -2.24. The number of esters is 1. The third-order valence-electron chi connectivity index (χ3n) is 4.40. The molecule has 3 unspecified atom stereocenters. The molecule has 2 aliphatic rings. The molecule has 0 spiro atoms. The van der Waals surface area contributed by atoms with Gasteiger partial charge in [0.2, 0.25) is 0 Å². The standard InChI is InChI=1S/C15H26O4/c1-10(3-8-14-11(2)19-14)15(17)18-9-12-4-6-13(16)7-5-12/h10-14,16H,3-9H2,1-2H3. The van der Waals surface area contributed by atoms with Gasteiger partial charge in [-0.3, -0.25) is 4.79 Å². The number of carbonyl (C=O) groups is 1. The van der Waals surface area contributed by atoms with Crippen LogP contribution in [0.5, 0.6) is 0 Å². The topological polar surface area (TPSA) is 59.1 Å². The van der Waals surface area contributed by atoms with E-state index in [4.69, 9.17) is 9.47 Å². The Balaban J connectivity index is 1.57.